The summed E-state index contributed by atoms with van der Waals surface area (Å²) in [5, 5.41) is 0. The molecule has 0 heteroatoms. The normalized spacial score (nSPS) is 11.6. The number of rotatable bonds is 2. The molecule has 0 fully saturated rings. The molecule has 0 radical (unpaired) electrons. The zero-order valence-corrected chi connectivity index (χ0v) is 5.99. The molecule has 0 aliphatic rings. The van der Waals surface area contributed by atoms with Crippen LogP contribution in [0.3, 0.4) is 0 Å². The van der Waals surface area contributed by atoms with E-state index < -0.39 is 0 Å². The van der Waals surface area contributed by atoms with Gasteiger partial charge < -0.3 is 0 Å². The molecular formula is C8H14. The van der Waals surface area contributed by atoms with Crippen molar-refractivity contribution in [1.29, 1.82) is 0 Å². The quantitative estimate of drug-likeness (QED) is 0.479. The molecule has 0 spiro atoms. The van der Waals surface area contributed by atoms with Crippen LogP contribution in [0.5, 0.6) is 0 Å². The predicted octanol–water partition coefficient (Wildman–Crippen LogP) is 2.92. The lowest BCUT2D eigenvalue weighted by Crippen LogP contribution is -1.78. The molecule has 0 nitrogen and oxygen atoms in total. The van der Waals surface area contributed by atoms with Gasteiger partial charge in [0.2, 0.25) is 0 Å². The highest BCUT2D eigenvalue weighted by Crippen LogP contribution is 2.09. The first kappa shape index (κ1) is 7.48. The molecular weight excluding hydrogens is 96.1 g/mol. The maximum absolute atomic E-state index is 3.83. The van der Waals surface area contributed by atoms with E-state index in [1.54, 1.807) is 0 Å². The Hall–Kier alpha value is -0.520. The van der Waals surface area contributed by atoms with E-state index in [1.165, 1.54) is 11.1 Å². The van der Waals surface area contributed by atoms with E-state index in [1.807, 2.05) is 13.8 Å². The Balaban J connectivity index is 3.92. The van der Waals surface area contributed by atoms with Crippen LogP contribution in [0.25, 0.3) is 0 Å². The fourth-order valence-electron chi connectivity index (χ4n) is 0.752. The summed E-state index contributed by atoms with van der Waals surface area (Å²) < 4.78 is 0. The lowest BCUT2D eigenvalue weighted by molar-refractivity contribution is 1.10. The van der Waals surface area contributed by atoms with E-state index in [4.69, 9.17) is 0 Å². The fourth-order valence-corrected chi connectivity index (χ4v) is 0.752. The van der Waals surface area contributed by atoms with Crippen LogP contribution in [-0.2, 0) is 0 Å². The van der Waals surface area contributed by atoms with Gasteiger partial charge in [-0.3, -0.25) is 0 Å². The second kappa shape index (κ2) is 3.48. The van der Waals surface area contributed by atoms with Crippen LogP contribution in [0.2, 0.25) is 0 Å². The molecule has 0 aromatic carbocycles. The molecule has 0 atom stereocenters. The first-order valence-corrected chi connectivity index (χ1v) is 3.03. The summed E-state index contributed by atoms with van der Waals surface area (Å²) in [6, 6.07) is 0. The average molecular weight is 110 g/mol. The van der Waals surface area contributed by atoms with E-state index in [0.29, 0.717) is 0 Å². The van der Waals surface area contributed by atoms with Gasteiger partial charge in [0.05, 0.1) is 0 Å². The molecule has 0 rings (SSSR count). The molecule has 0 heterocycles. The SMILES string of the molecule is C=C(C)/C(=C/C)CC. The number of allylic oxidation sites excluding steroid dienone is 3. The van der Waals surface area contributed by atoms with E-state index in [0.717, 1.165) is 6.42 Å². The van der Waals surface area contributed by atoms with Crippen LogP contribution < -0.4 is 0 Å². The van der Waals surface area contributed by atoms with Crippen molar-refractivity contribution in [2.24, 2.45) is 0 Å². The van der Waals surface area contributed by atoms with Gasteiger partial charge in [-0.2, -0.15) is 0 Å². The van der Waals surface area contributed by atoms with E-state index >= 15 is 0 Å². The Morgan fingerprint density at radius 3 is 2.12 bits per heavy atom. The molecule has 0 N–H and O–H groups in total. The molecule has 0 aromatic rings. The number of hydrogen-bond donors (Lipinski definition) is 0. The summed E-state index contributed by atoms with van der Waals surface area (Å²) in [5.74, 6) is 0. The minimum absolute atomic E-state index is 1.10. The lowest BCUT2D eigenvalue weighted by atomic mass is 10.1. The smallest absolute Gasteiger partial charge is 0.0308 e. The molecule has 0 bridgehead atoms. The van der Waals surface area contributed by atoms with Crippen molar-refractivity contribution in [3.63, 3.8) is 0 Å². The van der Waals surface area contributed by atoms with Crippen molar-refractivity contribution in [3.05, 3.63) is 23.8 Å². The zero-order valence-electron chi connectivity index (χ0n) is 5.99. The minimum Gasteiger partial charge on any atom is -0.0959 e. The van der Waals surface area contributed by atoms with Gasteiger partial charge in [0.15, 0.2) is 0 Å². The van der Waals surface area contributed by atoms with E-state index in [9.17, 15) is 0 Å². The summed E-state index contributed by atoms with van der Waals surface area (Å²) in [4.78, 5) is 0. The van der Waals surface area contributed by atoms with Crippen LogP contribution >= 0.6 is 0 Å². The van der Waals surface area contributed by atoms with Gasteiger partial charge in [-0.05, 0) is 20.3 Å². The third-order valence-corrected chi connectivity index (χ3v) is 1.28. The first-order chi connectivity index (χ1) is 3.72. The standard InChI is InChI=1S/C8H14/c1-5-8(6-2)7(3)4/h5H,3,6H2,1-2,4H3/b8-5+. The Morgan fingerprint density at radius 1 is 1.62 bits per heavy atom. The molecule has 0 saturated carbocycles. The highest BCUT2D eigenvalue weighted by atomic mass is 13.9. The fraction of sp³-hybridized carbons (Fsp3) is 0.500. The Bertz CT molecular complexity index is 107. The van der Waals surface area contributed by atoms with Gasteiger partial charge in [0.1, 0.15) is 0 Å². The van der Waals surface area contributed by atoms with Crippen LogP contribution in [0.15, 0.2) is 23.8 Å². The zero-order chi connectivity index (χ0) is 6.57. The minimum atomic E-state index is 1.10. The van der Waals surface area contributed by atoms with Gasteiger partial charge in [-0.15, -0.1) is 0 Å². The van der Waals surface area contributed by atoms with Crippen molar-refractivity contribution < 1.29 is 0 Å². The van der Waals surface area contributed by atoms with E-state index in [-0.39, 0.29) is 0 Å². The summed E-state index contributed by atoms with van der Waals surface area (Å²) in [5.41, 5.74) is 2.56. The topological polar surface area (TPSA) is 0 Å². The highest BCUT2D eigenvalue weighted by Gasteiger charge is 1.88. The maximum atomic E-state index is 3.83. The molecule has 46 valence electrons. The van der Waals surface area contributed by atoms with Gasteiger partial charge in [0.25, 0.3) is 0 Å². The molecule has 0 aliphatic carbocycles. The van der Waals surface area contributed by atoms with Crippen molar-refractivity contribution in [2.45, 2.75) is 27.2 Å². The second-order valence-corrected chi connectivity index (χ2v) is 1.95. The summed E-state index contributed by atoms with van der Waals surface area (Å²) in [6.07, 6.45) is 3.22. The summed E-state index contributed by atoms with van der Waals surface area (Å²) in [7, 11) is 0. The first-order valence-electron chi connectivity index (χ1n) is 3.03. The molecule has 8 heavy (non-hydrogen) atoms. The van der Waals surface area contributed by atoms with Gasteiger partial charge >= 0.3 is 0 Å². The van der Waals surface area contributed by atoms with Crippen molar-refractivity contribution in [1.82, 2.24) is 0 Å². The number of hydrogen-bond acceptors (Lipinski definition) is 0. The third kappa shape index (κ3) is 1.97. The third-order valence-electron chi connectivity index (χ3n) is 1.28. The van der Waals surface area contributed by atoms with Gasteiger partial charge in [-0.1, -0.05) is 30.7 Å². The molecule has 0 amide bonds. The summed E-state index contributed by atoms with van der Waals surface area (Å²) in [6.45, 7) is 10.1. The largest absolute Gasteiger partial charge is 0.0959 e. The molecule has 0 aliphatic heterocycles. The monoisotopic (exact) mass is 110 g/mol. The Kier molecular flexibility index (Phi) is 3.25. The van der Waals surface area contributed by atoms with Crippen molar-refractivity contribution in [2.75, 3.05) is 0 Å². The lowest BCUT2D eigenvalue weighted by Gasteiger charge is -1.98. The molecule has 0 aromatic heterocycles. The Labute approximate surface area is 51.9 Å². The molecule has 0 saturated heterocycles. The van der Waals surface area contributed by atoms with Crippen molar-refractivity contribution >= 4 is 0 Å². The Morgan fingerprint density at radius 2 is 2.12 bits per heavy atom. The highest BCUT2D eigenvalue weighted by molar-refractivity contribution is 5.24. The van der Waals surface area contributed by atoms with Crippen LogP contribution in [0.1, 0.15) is 27.2 Å². The summed E-state index contributed by atoms with van der Waals surface area (Å²) >= 11 is 0. The van der Waals surface area contributed by atoms with Crippen LogP contribution in [0.4, 0.5) is 0 Å². The van der Waals surface area contributed by atoms with Gasteiger partial charge in [0, 0.05) is 0 Å². The maximum Gasteiger partial charge on any atom is -0.0308 e. The van der Waals surface area contributed by atoms with Crippen molar-refractivity contribution in [3.8, 4) is 0 Å². The second-order valence-electron chi connectivity index (χ2n) is 1.95. The van der Waals surface area contributed by atoms with Gasteiger partial charge in [-0.25, -0.2) is 0 Å². The van der Waals surface area contributed by atoms with E-state index in [2.05, 4.69) is 19.6 Å². The average Bonchev–Trinajstić information content (AvgIpc) is 1.69. The van der Waals surface area contributed by atoms with Crippen LogP contribution in [0, 0.1) is 0 Å². The molecule has 0 unspecified atom stereocenters. The predicted molar refractivity (Wildman–Crippen MR) is 38.9 cm³/mol. The van der Waals surface area contributed by atoms with Crippen LogP contribution in [-0.4, -0.2) is 0 Å².